The number of esters is 2. The molecule has 0 heterocycles. The topological polar surface area (TPSA) is 65.1 Å². The predicted molar refractivity (Wildman–Crippen MR) is 260 cm³/mol. The molecular formula is C53H107K2NO5-2. The Morgan fingerprint density at radius 3 is 1.70 bits per heavy atom. The van der Waals surface area contributed by atoms with Crippen LogP contribution < -0.4 is 103 Å². The van der Waals surface area contributed by atoms with E-state index in [0.29, 0.717) is 30.8 Å². The number of nitrogens with zero attached hydrogens (tertiary/aromatic N) is 1. The van der Waals surface area contributed by atoms with Crippen molar-refractivity contribution in [3.05, 3.63) is 27.9 Å². The van der Waals surface area contributed by atoms with Gasteiger partial charge in [0, 0.05) is 13.0 Å². The molecule has 0 aliphatic carbocycles. The molecule has 358 valence electrons. The van der Waals surface area contributed by atoms with Crippen LogP contribution in [0.4, 0.5) is 0 Å². The summed E-state index contributed by atoms with van der Waals surface area (Å²) in [6.07, 6.45) is 22.5. The number of rotatable bonds is 32. The number of hydrogen-bond acceptors (Lipinski definition) is 6. The fourth-order valence-electron chi connectivity index (χ4n) is 6.96. The number of carbonyl (C=O) groups excluding carboxylic acids is 2. The van der Waals surface area contributed by atoms with Gasteiger partial charge >= 0.3 is 115 Å². The zero-order chi connectivity index (χ0) is 46.2. The molecule has 0 amide bonds. The average Bonchev–Trinajstić information content (AvgIpc) is 3.14. The molecule has 4 atom stereocenters. The summed E-state index contributed by atoms with van der Waals surface area (Å²) in [5, 5.41) is 0. The fraction of sp³-hybridized carbons (Fsp3) is 0.887. The molecule has 61 heavy (non-hydrogen) atoms. The summed E-state index contributed by atoms with van der Waals surface area (Å²) in [4.78, 5) is 25.0. The van der Waals surface area contributed by atoms with E-state index in [4.69, 9.17) is 14.2 Å². The van der Waals surface area contributed by atoms with Crippen molar-refractivity contribution in [3.63, 3.8) is 0 Å². The van der Waals surface area contributed by atoms with Crippen LogP contribution in [0, 0.1) is 74.7 Å². The fourth-order valence-corrected chi connectivity index (χ4v) is 6.96. The third-order valence-electron chi connectivity index (χ3n) is 11.1. The van der Waals surface area contributed by atoms with Crippen LogP contribution in [-0.2, 0) is 23.8 Å². The van der Waals surface area contributed by atoms with E-state index in [0.717, 1.165) is 94.1 Å². The largest absolute Gasteiger partial charge is 1.00 e. The first-order valence-electron chi connectivity index (χ1n) is 24.4. The summed E-state index contributed by atoms with van der Waals surface area (Å²) < 4.78 is 15.5. The Labute approximate surface area is 470 Å². The maximum Gasteiger partial charge on any atom is 1.00 e. The van der Waals surface area contributed by atoms with Crippen LogP contribution in [0.1, 0.15) is 218 Å². The first kappa shape index (κ1) is 74.7. The molecule has 8 heteroatoms. The van der Waals surface area contributed by atoms with Gasteiger partial charge < -0.3 is 39.9 Å². The first-order chi connectivity index (χ1) is 27.6. The standard InChI is InChI=1S/C26H51NO3.C11H24.C9H19.C7H13O2.2K/c1-8-9-10-16-24(30-25(28)18-13-20-27(5)6)17-12-11-15-23(2)22-26(3,4)19-14-21-29-7;1-6-11(10(4)5)8-7-9(2)3;1-5-6-7-9(4)8(2)3;1-4-5-9-7(8)6(2)3;;/h23-24H,1,7-22H2,2-6H3;9-11H,6-8H2,1-5H3;8-9H,4-7H2,1-3H3;6H,1,4-5H2,2-3H3;;/q-2;;2*-1;2*+1. The molecule has 0 aromatic heterocycles. The van der Waals surface area contributed by atoms with Crippen LogP contribution in [0.5, 0.6) is 0 Å². The smallest absolute Gasteiger partial charge is 0.555 e. The van der Waals surface area contributed by atoms with Crippen molar-refractivity contribution in [2.24, 2.45) is 46.8 Å². The summed E-state index contributed by atoms with van der Waals surface area (Å²) >= 11 is 0. The van der Waals surface area contributed by atoms with Crippen molar-refractivity contribution in [1.82, 2.24) is 4.90 Å². The number of carbonyl (C=O) groups is 2. The van der Waals surface area contributed by atoms with Crippen molar-refractivity contribution < 1.29 is 127 Å². The van der Waals surface area contributed by atoms with Gasteiger partial charge in [0.1, 0.15) is 6.10 Å². The second-order valence-electron chi connectivity index (χ2n) is 19.8. The molecule has 0 saturated carbocycles. The third-order valence-corrected chi connectivity index (χ3v) is 11.1. The molecule has 0 aliphatic heterocycles. The van der Waals surface area contributed by atoms with Crippen molar-refractivity contribution in [3.8, 4) is 0 Å². The molecular weight excluding hydrogens is 809 g/mol. The van der Waals surface area contributed by atoms with E-state index >= 15 is 0 Å². The zero-order valence-corrected chi connectivity index (χ0v) is 50.9. The molecule has 0 rings (SSSR count). The molecule has 4 unspecified atom stereocenters. The Balaban J connectivity index is -0.000000198. The Kier molecular flexibility index (Phi) is 63.1. The Morgan fingerprint density at radius 2 is 1.26 bits per heavy atom. The van der Waals surface area contributed by atoms with Crippen LogP contribution >= 0.6 is 0 Å². The maximum absolute atomic E-state index is 12.2. The van der Waals surface area contributed by atoms with E-state index in [2.05, 4.69) is 109 Å². The first-order valence-corrected chi connectivity index (χ1v) is 24.4. The zero-order valence-electron chi connectivity index (χ0n) is 44.7. The molecule has 0 radical (unpaired) electrons. The second kappa shape index (κ2) is 51.5. The summed E-state index contributed by atoms with van der Waals surface area (Å²) in [6.45, 7) is 42.7. The van der Waals surface area contributed by atoms with Crippen LogP contribution in [0.25, 0.3) is 0 Å². The monoisotopic (exact) mass is 916 g/mol. The number of hydrogen-bond donors (Lipinski definition) is 0. The van der Waals surface area contributed by atoms with Crippen molar-refractivity contribution >= 4 is 11.9 Å². The summed E-state index contributed by atoms with van der Waals surface area (Å²) in [7, 11) is 7.52. The van der Waals surface area contributed by atoms with Gasteiger partial charge in [-0.1, -0.05) is 154 Å². The van der Waals surface area contributed by atoms with E-state index in [1.165, 1.54) is 64.2 Å². The van der Waals surface area contributed by atoms with Gasteiger partial charge in [0.2, 0.25) is 0 Å². The maximum atomic E-state index is 12.2. The molecule has 0 aromatic carbocycles. The molecule has 0 aliphatic rings. The van der Waals surface area contributed by atoms with Crippen LogP contribution in [0.3, 0.4) is 0 Å². The van der Waals surface area contributed by atoms with Crippen molar-refractivity contribution in [2.45, 2.75) is 225 Å². The van der Waals surface area contributed by atoms with Gasteiger partial charge in [-0.3, -0.25) is 9.59 Å². The molecule has 0 saturated heterocycles. The molecule has 0 fully saturated rings. The normalized spacial score (nSPS) is 13.1. The van der Waals surface area contributed by atoms with Gasteiger partial charge in [-0.25, -0.2) is 7.11 Å². The second-order valence-corrected chi connectivity index (χ2v) is 19.8. The van der Waals surface area contributed by atoms with Gasteiger partial charge in [-0.05, 0) is 101 Å². The Morgan fingerprint density at radius 1 is 0.689 bits per heavy atom. The van der Waals surface area contributed by atoms with Gasteiger partial charge in [-0.2, -0.15) is 12.3 Å². The molecule has 0 aromatic rings. The van der Waals surface area contributed by atoms with E-state index < -0.39 is 0 Å². The minimum Gasteiger partial charge on any atom is -0.555 e. The Bertz CT molecular complexity index is 896. The van der Waals surface area contributed by atoms with Gasteiger partial charge in [0.05, 0.1) is 12.5 Å². The average molecular weight is 917 g/mol. The number of unbranched alkanes of at least 4 members (excludes halogenated alkanes) is 4. The van der Waals surface area contributed by atoms with Gasteiger partial charge in [0.15, 0.2) is 0 Å². The molecule has 0 N–H and O–H groups in total. The van der Waals surface area contributed by atoms with Crippen LogP contribution in [-0.4, -0.2) is 56.8 Å². The van der Waals surface area contributed by atoms with Crippen LogP contribution in [0.2, 0.25) is 0 Å². The minimum atomic E-state index is -0.140. The van der Waals surface area contributed by atoms with Gasteiger partial charge in [-0.15, -0.1) is 6.42 Å². The minimum absolute atomic E-state index is 0. The van der Waals surface area contributed by atoms with Crippen molar-refractivity contribution in [2.75, 3.05) is 33.9 Å². The van der Waals surface area contributed by atoms with E-state index in [1.807, 2.05) is 27.9 Å². The SMILES string of the molecule is CCC(CCC(C)C)C(C)C.[CH2-]C(CCCC)C(C)C.[CH2-]CCCCC(CCCCC(C)CC(C)(C)CCCO[CH2-])OC(=O)CCCN(C)C.[CH2-]CCOC(=O)C(C)C.[K+].[K+]. The summed E-state index contributed by atoms with van der Waals surface area (Å²) in [6, 6.07) is 0. The van der Waals surface area contributed by atoms with E-state index in [-0.39, 0.29) is 127 Å². The molecule has 6 nitrogen and oxygen atoms in total. The summed E-state index contributed by atoms with van der Waals surface area (Å²) in [5.74, 6) is 4.67. The van der Waals surface area contributed by atoms with Crippen molar-refractivity contribution in [1.29, 1.82) is 0 Å². The third kappa shape index (κ3) is 58.2. The van der Waals surface area contributed by atoms with E-state index in [9.17, 15) is 9.59 Å². The number of ether oxygens (including phenoxy) is 3. The predicted octanol–water partition coefficient (Wildman–Crippen LogP) is 9.64. The molecule has 0 spiro atoms. The van der Waals surface area contributed by atoms with E-state index in [1.54, 1.807) is 0 Å². The quantitative estimate of drug-likeness (QED) is 0.0290. The molecule has 0 bridgehead atoms. The van der Waals surface area contributed by atoms with Gasteiger partial charge in [0.25, 0.3) is 0 Å². The van der Waals surface area contributed by atoms with Crippen LogP contribution in [0.15, 0.2) is 0 Å². The Hall–Kier alpha value is 2.13. The summed E-state index contributed by atoms with van der Waals surface area (Å²) in [5.41, 5.74) is 0.358.